The number of carbonyl (C=O) groups excluding carboxylic acids is 2. The Morgan fingerprint density at radius 2 is 1.96 bits per heavy atom. The standard InChI is InChI=1S/C19H31N3O3.ClH/c1-4-6-16-17(14(3)23)13(2)21-18(16)19(24)22-10-7-15(8-11-22)25-12-5-9-20;/h15,21H,4-12,20H2,1-3H3;1H. The molecule has 0 unspecified atom stereocenters. The SMILES string of the molecule is CCCc1c(C(=O)N2CCC(OCCCN)CC2)[nH]c(C)c1C(C)=O.Cl. The molecule has 7 heteroatoms. The lowest BCUT2D eigenvalue weighted by Gasteiger charge is -2.32. The molecule has 1 fully saturated rings. The quantitative estimate of drug-likeness (QED) is 0.532. The summed E-state index contributed by atoms with van der Waals surface area (Å²) in [6, 6.07) is 0. The van der Waals surface area contributed by atoms with Crippen molar-refractivity contribution in [2.75, 3.05) is 26.2 Å². The maximum absolute atomic E-state index is 13.0. The molecule has 0 atom stereocenters. The summed E-state index contributed by atoms with van der Waals surface area (Å²) in [7, 11) is 0. The van der Waals surface area contributed by atoms with Crippen LogP contribution >= 0.6 is 12.4 Å². The molecular formula is C19H32ClN3O3. The number of Topliss-reactive ketones (excluding diaryl/α,β-unsaturated/α-hetero) is 1. The van der Waals surface area contributed by atoms with Gasteiger partial charge in [-0.1, -0.05) is 13.3 Å². The molecule has 0 aromatic carbocycles. The maximum atomic E-state index is 13.0. The van der Waals surface area contributed by atoms with E-state index >= 15 is 0 Å². The zero-order valence-corrected chi connectivity index (χ0v) is 16.9. The number of nitrogens with two attached hydrogens (primary N) is 1. The van der Waals surface area contributed by atoms with Crippen LogP contribution in [0.25, 0.3) is 0 Å². The third kappa shape index (κ3) is 5.32. The third-order valence-corrected chi connectivity index (χ3v) is 4.79. The Hall–Kier alpha value is -1.37. The zero-order valence-electron chi connectivity index (χ0n) is 16.1. The molecule has 1 aromatic rings. The first-order chi connectivity index (χ1) is 12.0. The number of aromatic amines is 1. The molecule has 1 saturated heterocycles. The van der Waals surface area contributed by atoms with Crippen LogP contribution in [-0.2, 0) is 11.2 Å². The van der Waals surface area contributed by atoms with E-state index in [9.17, 15) is 9.59 Å². The van der Waals surface area contributed by atoms with E-state index in [1.807, 2.05) is 11.8 Å². The van der Waals surface area contributed by atoms with Gasteiger partial charge in [-0.05, 0) is 51.6 Å². The number of hydrogen-bond donors (Lipinski definition) is 2. The van der Waals surface area contributed by atoms with Gasteiger partial charge < -0.3 is 20.4 Å². The van der Waals surface area contributed by atoms with E-state index in [0.29, 0.717) is 37.5 Å². The number of rotatable bonds is 8. The average Bonchev–Trinajstić information content (AvgIpc) is 2.92. The fourth-order valence-electron chi connectivity index (χ4n) is 3.55. The highest BCUT2D eigenvalue weighted by Crippen LogP contribution is 2.24. The Balaban J connectivity index is 0.00000338. The average molecular weight is 386 g/mol. The Morgan fingerprint density at radius 1 is 1.31 bits per heavy atom. The van der Waals surface area contributed by atoms with Crippen LogP contribution in [0.5, 0.6) is 0 Å². The predicted octanol–water partition coefficient (Wildman–Crippen LogP) is 2.87. The molecule has 6 nitrogen and oxygen atoms in total. The van der Waals surface area contributed by atoms with Gasteiger partial charge in [-0.3, -0.25) is 9.59 Å². The van der Waals surface area contributed by atoms with Crippen LogP contribution in [0.15, 0.2) is 0 Å². The second kappa shape index (κ2) is 10.7. The number of H-pyrrole nitrogens is 1. The Kier molecular flexibility index (Phi) is 9.33. The molecule has 0 bridgehead atoms. The molecule has 0 aliphatic carbocycles. The van der Waals surface area contributed by atoms with Gasteiger partial charge in [0.2, 0.25) is 0 Å². The maximum Gasteiger partial charge on any atom is 0.270 e. The van der Waals surface area contributed by atoms with Crippen LogP contribution in [0, 0.1) is 6.92 Å². The van der Waals surface area contributed by atoms with Gasteiger partial charge >= 0.3 is 0 Å². The highest BCUT2D eigenvalue weighted by atomic mass is 35.5. The number of nitrogens with one attached hydrogen (secondary N) is 1. The van der Waals surface area contributed by atoms with Gasteiger partial charge in [0, 0.05) is 31.0 Å². The summed E-state index contributed by atoms with van der Waals surface area (Å²) in [6.07, 6.45) is 4.41. The fraction of sp³-hybridized carbons (Fsp3) is 0.684. The normalized spacial score (nSPS) is 15.0. The van der Waals surface area contributed by atoms with Crippen molar-refractivity contribution in [3.05, 3.63) is 22.5 Å². The van der Waals surface area contributed by atoms with Gasteiger partial charge in [-0.15, -0.1) is 12.4 Å². The van der Waals surface area contributed by atoms with Crippen molar-refractivity contribution in [2.45, 2.75) is 59.0 Å². The summed E-state index contributed by atoms with van der Waals surface area (Å²) in [4.78, 5) is 30.0. The molecule has 1 aliphatic rings. The zero-order chi connectivity index (χ0) is 18.4. The number of aryl methyl sites for hydroxylation is 1. The molecule has 0 spiro atoms. The molecular weight excluding hydrogens is 354 g/mol. The largest absolute Gasteiger partial charge is 0.378 e. The number of hydrogen-bond acceptors (Lipinski definition) is 4. The van der Waals surface area contributed by atoms with Crippen LogP contribution in [0.4, 0.5) is 0 Å². The molecule has 26 heavy (non-hydrogen) atoms. The van der Waals surface area contributed by atoms with Crippen molar-refractivity contribution < 1.29 is 14.3 Å². The van der Waals surface area contributed by atoms with Crippen molar-refractivity contribution in [3.8, 4) is 0 Å². The van der Waals surface area contributed by atoms with Crippen molar-refractivity contribution in [3.63, 3.8) is 0 Å². The topological polar surface area (TPSA) is 88.4 Å². The molecule has 2 rings (SSSR count). The summed E-state index contributed by atoms with van der Waals surface area (Å²) in [5.74, 6) is 0.0164. The van der Waals surface area contributed by atoms with Gasteiger partial charge in [0.05, 0.1) is 6.10 Å². The van der Waals surface area contributed by atoms with Crippen LogP contribution in [-0.4, -0.2) is 53.9 Å². The summed E-state index contributed by atoms with van der Waals surface area (Å²) in [6.45, 7) is 8.19. The molecule has 0 saturated carbocycles. The summed E-state index contributed by atoms with van der Waals surface area (Å²) in [5.41, 5.74) is 8.42. The van der Waals surface area contributed by atoms with E-state index in [0.717, 1.165) is 43.4 Å². The Morgan fingerprint density at radius 3 is 2.50 bits per heavy atom. The number of amides is 1. The van der Waals surface area contributed by atoms with E-state index in [-0.39, 0.29) is 30.2 Å². The molecule has 148 valence electrons. The first kappa shape index (κ1) is 22.7. The molecule has 1 aromatic heterocycles. The van der Waals surface area contributed by atoms with Gasteiger partial charge in [0.15, 0.2) is 5.78 Å². The van der Waals surface area contributed by atoms with Crippen LogP contribution in [0.1, 0.15) is 71.6 Å². The first-order valence-electron chi connectivity index (χ1n) is 9.32. The van der Waals surface area contributed by atoms with Gasteiger partial charge in [0.1, 0.15) is 5.69 Å². The van der Waals surface area contributed by atoms with E-state index in [2.05, 4.69) is 11.9 Å². The number of ether oxygens (including phenoxy) is 1. The number of carbonyl (C=O) groups is 2. The first-order valence-corrected chi connectivity index (χ1v) is 9.32. The minimum Gasteiger partial charge on any atom is -0.378 e. The number of likely N-dealkylation sites (tertiary alicyclic amines) is 1. The van der Waals surface area contributed by atoms with Gasteiger partial charge in [-0.2, -0.15) is 0 Å². The second-order valence-corrected chi connectivity index (χ2v) is 6.79. The minimum atomic E-state index is -0.000502. The smallest absolute Gasteiger partial charge is 0.270 e. The van der Waals surface area contributed by atoms with E-state index in [4.69, 9.17) is 10.5 Å². The lowest BCUT2D eigenvalue weighted by atomic mass is 10.00. The third-order valence-electron chi connectivity index (χ3n) is 4.79. The van der Waals surface area contributed by atoms with Gasteiger partial charge in [-0.25, -0.2) is 0 Å². The Labute approximate surface area is 162 Å². The number of halogens is 1. The van der Waals surface area contributed by atoms with Crippen LogP contribution < -0.4 is 5.73 Å². The number of nitrogens with zero attached hydrogens (tertiary/aromatic N) is 1. The fourth-order valence-corrected chi connectivity index (χ4v) is 3.55. The molecule has 1 amide bonds. The van der Waals surface area contributed by atoms with Crippen molar-refractivity contribution in [1.29, 1.82) is 0 Å². The summed E-state index contributed by atoms with van der Waals surface area (Å²) in [5, 5.41) is 0. The van der Waals surface area contributed by atoms with Crippen LogP contribution in [0.3, 0.4) is 0 Å². The van der Waals surface area contributed by atoms with E-state index < -0.39 is 0 Å². The number of aromatic nitrogens is 1. The summed E-state index contributed by atoms with van der Waals surface area (Å²) < 4.78 is 5.80. The highest BCUT2D eigenvalue weighted by Gasteiger charge is 2.28. The minimum absolute atomic E-state index is 0. The number of ketones is 1. The predicted molar refractivity (Wildman–Crippen MR) is 105 cm³/mol. The second-order valence-electron chi connectivity index (χ2n) is 6.79. The van der Waals surface area contributed by atoms with E-state index in [1.54, 1.807) is 6.92 Å². The molecule has 3 N–H and O–H groups in total. The number of piperidine rings is 1. The van der Waals surface area contributed by atoms with E-state index in [1.165, 1.54) is 0 Å². The van der Waals surface area contributed by atoms with Crippen molar-refractivity contribution >= 4 is 24.1 Å². The lowest BCUT2D eigenvalue weighted by Crippen LogP contribution is -2.41. The monoisotopic (exact) mass is 385 g/mol. The molecule has 1 aliphatic heterocycles. The lowest BCUT2D eigenvalue weighted by molar-refractivity contribution is 0.00827. The highest BCUT2D eigenvalue weighted by molar-refractivity contribution is 6.02. The molecule has 2 heterocycles. The molecule has 0 radical (unpaired) electrons. The summed E-state index contributed by atoms with van der Waals surface area (Å²) >= 11 is 0. The van der Waals surface area contributed by atoms with Crippen LogP contribution in [0.2, 0.25) is 0 Å². The Bertz CT molecular complexity index is 607. The van der Waals surface area contributed by atoms with Crippen molar-refractivity contribution in [1.82, 2.24) is 9.88 Å². The van der Waals surface area contributed by atoms with Crippen molar-refractivity contribution in [2.24, 2.45) is 5.73 Å². The van der Waals surface area contributed by atoms with Gasteiger partial charge in [0.25, 0.3) is 5.91 Å².